The van der Waals surface area contributed by atoms with Gasteiger partial charge in [0.25, 0.3) is 0 Å². The van der Waals surface area contributed by atoms with E-state index in [9.17, 15) is 8.42 Å². The van der Waals surface area contributed by atoms with Crippen molar-refractivity contribution in [2.45, 2.75) is 30.4 Å². The Hall–Kier alpha value is -0.470. The van der Waals surface area contributed by atoms with Gasteiger partial charge in [0.15, 0.2) is 0 Å². The number of nitrogens with one attached hydrogen (secondary N) is 1. The standard InChI is InChI=1S/C13H19BrN2O3S/c1-16-6-2-3-11(8-16)15-20(18,19)13-7-10(9-17)4-5-12(13)14/h4-5,7,11,15,17H,2-3,6,8-9H2,1H3. The van der Waals surface area contributed by atoms with Crippen molar-refractivity contribution >= 4 is 26.0 Å². The highest BCUT2D eigenvalue weighted by Gasteiger charge is 2.25. The number of likely N-dealkylation sites (N-methyl/N-ethyl adjacent to an activating group) is 1. The third kappa shape index (κ3) is 3.79. The Morgan fingerprint density at radius 3 is 2.90 bits per heavy atom. The number of hydrogen-bond donors (Lipinski definition) is 2. The van der Waals surface area contributed by atoms with Crippen LogP contribution >= 0.6 is 15.9 Å². The first-order valence-electron chi connectivity index (χ1n) is 6.52. The van der Waals surface area contributed by atoms with E-state index in [0.29, 0.717) is 10.0 Å². The van der Waals surface area contributed by atoms with Gasteiger partial charge < -0.3 is 10.0 Å². The maximum Gasteiger partial charge on any atom is 0.241 e. The smallest absolute Gasteiger partial charge is 0.241 e. The number of benzene rings is 1. The van der Waals surface area contributed by atoms with E-state index in [-0.39, 0.29) is 17.5 Å². The van der Waals surface area contributed by atoms with E-state index in [2.05, 4.69) is 25.6 Å². The molecule has 1 atom stereocenters. The molecule has 0 radical (unpaired) electrons. The van der Waals surface area contributed by atoms with Crippen LogP contribution in [-0.2, 0) is 16.6 Å². The minimum atomic E-state index is -3.58. The molecule has 0 aromatic heterocycles. The number of hydrogen-bond acceptors (Lipinski definition) is 4. The molecule has 0 amide bonds. The summed E-state index contributed by atoms with van der Waals surface area (Å²) in [5, 5.41) is 9.14. The summed E-state index contributed by atoms with van der Waals surface area (Å²) in [6.45, 7) is 1.54. The van der Waals surface area contributed by atoms with Crippen LogP contribution in [0.5, 0.6) is 0 Å². The summed E-state index contributed by atoms with van der Waals surface area (Å²) in [7, 11) is -1.59. The summed E-state index contributed by atoms with van der Waals surface area (Å²) in [5.74, 6) is 0. The number of aliphatic hydroxyl groups excluding tert-OH is 1. The van der Waals surface area contributed by atoms with Gasteiger partial charge in [-0.15, -0.1) is 0 Å². The van der Waals surface area contributed by atoms with Crippen LogP contribution in [0.2, 0.25) is 0 Å². The number of rotatable bonds is 4. The van der Waals surface area contributed by atoms with Crippen LogP contribution in [-0.4, -0.2) is 44.6 Å². The molecule has 0 saturated carbocycles. The van der Waals surface area contributed by atoms with Crippen molar-refractivity contribution in [3.05, 3.63) is 28.2 Å². The van der Waals surface area contributed by atoms with Crippen LogP contribution < -0.4 is 4.72 Å². The van der Waals surface area contributed by atoms with Gasteiger partial charge in [-0.2, -0.15) is 0 Å². The van der Waals surface area contributed by atoms with Crippen LogP contribution in [0.15, 0.2) is 27.6 Å². The number of halogens is 1. The van der Waals surface area contributed by atoms with Gasteiger partial charge in [0.1, 0.15) is 0 Å². The van der Waals surface area contributed by atoms with Gasteiger partial charge in [0.2, 0.25) is 10.0 Å². The zero-order valence-electron chi connectivity index (χ0n) is 11.3. The molecule has 0 aliphatic carbocycles. The largest absolute Gasteiger partial charge is 0.392 e. The van der Waals surface area contributed by atoms with E-state index in [0.717, 1.165) is 25.9 Å². The molecular formula is C13H19BrN2O3S. The van der Waals surface area contributed by atoms with Crippen molar-refractivity contribution in [2.75, 3.05) is 20.1 Å². The van der Waals surface area contributed by atoms with Crippen LogP contribution in [0.3, 0.4) is 0 Å². The molecule has 1 aromatic carbocycles. The predicted molar refractivity (Wildman–Crippen MR) is 80.9 cm³/mol. The first-order chi connectivity index (χ1) is 9.42. The molecule has 112 valence electrons. The molecule has 2 N–H and O–H groups in total. The van der Waals surface area contributed by atoms with Gasteiger partial charge in [0, 0.05) is 17.1 Å². The molecule has 7 heteroatoms. The van der Waals surface area contributed by atoms with Crippen LogP contribution in [0, 0.1) is 0 Å². The third-order valence-corrected chi connectivity index (χ3v) is 5.93. The molecule has 1 heterocycles. The van der Waals surface area contributed by atoms with Crippen molar-refractivity contribution < 1.29 is 13.5 Å². The molecule has 1 saturated heterocycles. The zero-order chi connectivity index (χ0) is 14.8. The third-order valence-electron chi connectivity index (χ3n) is 3.41. The Labute approximate surface area is 128 Å². The van der Waals surface area contributed by atoms with Crippen molar-refractivity contribution in [1.29, 1.82) is 0 Å². The van der Waals surface area contributed by atoms with Crippen LogP contribution in [0.4, 0.5) is 0 Å². The van der Waals surface area contributed by atoms with Gasteiger partial charge >= 0.3 is 0 Å². The first-order valence-corrected chi connectivity index (χ1v) is 8.80. The van der Waals surface area contributed by atoms with Gasteiger partial charge in [-0.05, 0) is 60.1 Å². The van der Waals surface area contributed by atoms with Gasteiger partial charge in [0.05, 0.1) is 11.5 Å². The summed E-state index contributed by atoms with van der Waals surface area (Å²) in [6, 6.07) is 4.77. The predicted octanol–water partition coefficient (Wildman–Crippen LogP) is 1.31. The van der Waals surface area contributed by atoms with E-state index in [1.54, 1.807) is 12.1 Å². The van der Waals surface area contributed by atoms with E-state index in [1.807, 2.05) is 7.05 Å². The summed E-state index contributed by atoms with van der Waals surface area (Å²) in [6.07, 6.45) is 1.84. The van der Waals surface area contributed by atoms with E-state index < -0.39 is 10.0 Å². The minimum absolute atomic E-state index is 0.0663. The molecule has 20 heavy (non-hydrogen) atoms. The van der Waals surface area contributed by atoms with Crippen molar-refractivity contribution in [3.63, 3.8) is 0 Å². The number of likely N-dealkylation sites (tertiary alicyclic amines) is 1. The van der Waals surface area contributed by atoms with Crippen LogP contribution in [0.1, 0.15) is 18.4 Å². The second kappa shape index (κ2) is 6.53. The first kappa shape index (κ1) is 15.9. The van der Waals surface area contributed by atoms with Crippen LogP contribution in [0.25, 0.3) is 0 Å². The fourth-order valence-corrected chi connectivity index (χ4v) is 4.67. The highest BCUT2D eigenvalue weighted by molar-refractivity contribution is 9.10. The van der Waals surface area contributed by atoms with E-state index in [1.165, 1.54) is 6.07 Å². The zero-order valence-corrected chi connectivity index (χ0v) is 13.7. The highest BCUT2D eigenvalue weighted by Crippen LogP contribution is 2.24. The maximum absolute atomic E-state index is 12.5. The van der Waals surface area contributed by atoms with Crippen molar-refractivity contribution in [1.82, 2.24) is 9.62 Å². The molecule has 5 nitrogen and oxygen atoms in total. The quantitative estimate of drug-likeness (QED) is 0.847. The Morgan fingerprint density at radius 1 is 1.50 bits per heavy atom. The number of piperidine rings is 1. The Morgan fingerprint density at radius 2 is 2.25 bits per heavy atom. The summed E-state index contributed by atoms with van der Waals surface area (Å²) < 4.78 is 28.2. The average molecular weight is 363 g/mol. The molecule has 1 unspecified atom stereocenters. The topological polar surface area (TPSA) is 69.6 Å². The molecular weight excluding hydrogens is 344 g/mol. The monoisotopic (exact) mass is 362 g/mol. The molecule has 0 spiro atoms. The minimum Gasteiger partial charge on any atom is -0.392 e. The molecule has 1 fully saturated rings. The highest BCUT2D eigenvalue weighted by atomic mass is 79.9. The molecule has 1 aliphatic heterocycles. The lowest BCUT2D eigenvalue weighted by Gasteiger charge is -2.30. The number of aliphatic hydroxyl groups is 1. The second-order valence-electron chi connectivity index (χ2n) is 5.15. The SMILES string of the molecule is CN1CCCC(NS(=O)(=O)c2cc(CO)ccc2Br)C1. The summed E-state index contributed by atoms with van der Waals surface area (Å²) in [4.78, 5) is 2.30. The fraction of sp³-hybridized carbons (Fsp3) is 0.538. The van der Waals surface area contributed by atoms with Gasteiger partial charge in [-0.3, -0.25) is 0 Å². The number of nitrogens with zero attached hydrogens (tertiary/aromatic N) is 1. The van der Waals surface area contributed by atoms with Crippen molar-refractivity contribution in [3.8, 4) is 0 Å². The Bertz CT molecular complexity index is 577. The van der Waals surface area contributed by atoms with Crippen molar-refractivity contribution in [2.24, 2.45) is 0 Å². The molecule has 1 aliphatic rings. The average Bonchev–Trinajstić information content (AvgIpc) is 2.38. The van der Waals surface area contributed by atoms with E-state index in [4.69, 9.17) is 5.11 Å². The lowest BCUT2D eigenvalue weighted by molar-refractivity contribution is 0.242. The van der Waals surface area contributed by atoms with Gasteiger partial charge in [-0.25, -0.2) is 13.1 Å². The normalized spacial score (nSPS) is 21.1. The Balaban J connectivity index is 2.21. The lowest BCUT2D eigenvalue weighted by atomic mass is 10.1. The second-order valence-corrected chi connectivity index (χ2v) is 7.68. The lowest BCUT2D eigenvalue weighted by Crippen LogP contribution is -2.46. The summed E-state index contributed by atoms with van der Waals surface area (Å²) in [5.41, 5.74) is 0.578. The molecule has 2 rings (SSSR count). The summed E-state index contributed by atoms with van der Waals surface area (Å²) >= 11 is 3.26. The fourth-order valence-electron chi connectivity index (χ4n) is 2.40. The van der Waals surface area contributed by atoms with E-state index >= 15 is 0 Å². The maximum atomic E-state index is 12.5. The molecule has 0 bridgehead atoms. The van der Waals surface area contributed by atoms with Gasteiger partial charge in [-0.1, -0.05) is 6.07 Å². The number of sulfonamides is 1. The Kier molecular flexibility index (Phi) is 5.19. The molecule has 1 aromatic rings.